The first kappa shape index (κ1) is 24.0. The average molecular weight is 516 g/mol. The van der Waals surface area contributed by atoms with Crippen LogP contribution in [0.3, 0.4) is 0 Å². The normalized spacial score (nSPS) is 15.9. The summed E-state index contributed by atoms with van der Waals surface area (Å²) in [7, 11) is 0. The van der Waals surface area contributed by atoms with Crippen LogP contribution in [-0.4, -0.2) is 44.5 Å². The summed E-state index contributed by atoms with van der Waals surface area (Å²) in [6.45, 7) is 0.226. The highest BCUT2D eigenvalue weighted by molar-refractivity contribution is 5.89. The van der Waals surface area contributed by atoms with E-state index < -0.39 is 6.04 Å². The predicted octanol–water partition coefficient (Wildman–Crippen LogP) is 3.97. The van der Waals surface area contributed by atoms with Crippen LogP contribution in [-0.2, 0) is 22.7 Å². The molecular weight excluding hydrogens is 486 g/mol. The molecule has 4 aromatic rings. The lowest BCUT2D eigenvalue weighted by Crippen LogP contribution is -2.47. The second-order valence-electron chi connectivity index (χ2n) is 9.71. The summed E-state index contributed by atoms with van der Waals surface area (Å²) in [5.41, 5.74) is 2.23. The quantitative estimate of drug-likeness (QED) is 0.378. The number of amides is 2. The van der Waals surface area contributed by atoms with E-state index in [1.807, 2.05) is 42.5 Å². The lowest BCUT2D eigenvalue weighted by molar-refractivity contribution is -0.143. The average Bonchev–Trinajstić information content (AvgIpc) is 3.71. The topological polar surface area (TPSA) is 112 Å². The molecule has 10 nitrogen and oxygen atoms in total. The Kier molecular flexibility index (Phi) is 6.68. The number of carbonyl (C=O) groups excluding carboxylic acids is 2. The van der Waals surface area contributed by atoms with Gasteiger partial charge in [0.15, 0.2) is 17.5 Å². The first-order valence-corrected chi connectivity index (χ1v) is 13.0. The number of benzene rings is 2. The molecule has 0 unspecified atom stereocenters. The van der Waals surface area contributed by atoms with Crippen LogP contribution in [0, 0.1) is 0 Å². The molecule has 2 amide bonds. The molecule has 2 aromatic heterocycles. The number of para-hydroxylation sites is 1. The minimum absolute atomic E-state index is 0.0791. The van der Waals surface area contributed by atoms with Crippen molar-refractivity contribution in [3.63, 3.8) is 0 Å². The summed E-state index contributed by atoms with van der Waals surface area (Å²) in [6.07, 6.45) is 6.71. The van der Waals surface area contributed by atoms with E-state index in [0.29, 0.717) is 22.8 Å². The number of furan rings is 1. The van der Waals surface area contributed by atoms with Crippen molar-refractivity contribution < 1.29 is 23.5 Å². The van der Waals surface area contributed by atoms with Gasteiger partial charge < -0.3 is 24.1 Å². The minimum Gasteiger partial charge on any atom is -0.467 e. The van der Waals surface area contributed by atoms with Gasteiger partial charge in [-0.3, -0.25) is 9.59 Å². The third-order valence-electron chi connectivity index (χ3n) is 7.14. The smallest absolute Gasteiger partial charge is 0.250 e. The number of carbonyl (C=O) groups is 2. The van der Waals surface area contributed by atoms with E-state index >= 15 is 0 Å². The maximum absolute atomic E-state index is 14.0. The molecule has 196 valence electrons. The molecule has 2 aromatic carbocycles. The van der Waals surface area contributed by atoms with Crippen LogP contribution < -0.4 is 14.8 Å². The van der Waals surface area contributed by atoms with Gasteiger partial charge in [-0.1, -0.05) is 42.7 Å². The molecule has 1 aliphatic heterocycles. The first-order chi connectivity index (χ1) is 18.7. The van der Waals surface area contributed by atoms with Gasteiger partial charge in [0.25, 0.3) is 5.91 Å². The molecule has 6 rings (SSSR count). The highest BCUT2D eigenvalue weighted by Gasteiger charge is 2.35. The summed E-state index contributed by atoms with van der Waals surface area (Å²) in [5, 5.41) is 11.6. The largest absolute Gasteiger partial charge is 0.467 e. The number of ether oxygens (including phenoxy) is 2. The van der Waals surface area contributed by atoms with Crippen LogP contribution >= 0.6 is 0 Å². The second kappa shape index (κ2) is 10.6. The predicted molar refractivity (Wildman–Crippen MR) is 137 cm³/mol. The Balaban J connectivity index is 1.34. The molecule has 3 heterocycles. The van der Waals surface area contributed by atoms with Crippen LogP contribution in [0.4, 0.5) is 0 Å². The SMILES string of the molecule is O=C(NC1CCCCC1)[C@H](c1ccco1)N(Cc1ccc2c(c1)OCO2)C(=O)Cn1nnc2ccccc21. The summed E-state index contributed by atoms with van der Waals surface area (Å²) in [6, 6.07) is 15.6. The Bertz CT molecular complexity index is 1430. The van der Waals surface area contributed by atoms with E-state index in [4.69, 9.17) is 13.9 Å². The van der Waals surface area contributed by atoms with Crippen LogP contribution in [0.5, 0.6) is 11.5 Å². The highest BCUT2D eigenvalue weighted by Crippen LogP contribution is 2.34. The molecule has 0 spiro atoms. The molecule has 38 heavy (non-hydrogen) atoms. The van der Waals surface area contributed by atoms with E-state index in [-0.39, 0.29) is 37.7 Å². The van der Waals surface area contributed by atoms with Gasteiger partial charge in [-0.05, 0) is 54.8 Å². The summed E-state index contributed by atoms with van der Waals surface area (Å²) < 4.78 is 18.3. The molecule has 1 aliphatic carbocycles. The van der Waals surface area contributed by atoms with Crippen molar-refractivity contribution in [1.29, 1.82) is 0 Å². The van der Waals surface area contributed by atoms with E-state index in [2.05, 4.69) is 15.6 Å². The van der Waals surface area contributed by atoms with Crippen molar-refractivity contribution in [3.05, 3.63) is 72.2 Å². The standard InChI is InChI=1S/C28H29N5O5/c34-26(17-33-22-10-5-4-9-21(22)30-31-33)32(16-19-12-13-23-25(15-19)38-18-37-23)27(24-11-6-14-36-24)28(35)29-20-7-2-1-3-8-20/h4-6,9-15,20,27H,1-3,7-8,16-18H2,(H,29,35)/t27-/m0/s1. The zero-order valence-corrected chi connectivity index (χ0v) is 20.9. The Hall–Kier alpha value is -4.34. The molecule has 1 N–H and O–H groups in total. The van der Waals surface area contributed by atoms with Crippen LogP contribution in [0.25, 0.3) is 11.0 Å². The number of hydrogen-bond acceptors (Lipinski definition) is 7. The molecule has 1 fully saturated rings. The maximum Gasteiger partial charge on any atom is 0.250 e. The molecule has 0 saturated heterocycles. The van der Waals surface area contributed by atoms with E-state index in [0.717, 1.165) is 36.8 Å². The van der Waals surface area contributed by atoms with Gasteiger partial charge in [-0.15, -0.1) is 5.10 Å². The molecule has 10 heteroatoms. The molecule has 0 bridgehead atoms. The lowest BCUT2D eigenvalue weighted by Gasteiger charge is -2.32. The Labute approximate surface area is 219 Å². The number of aromatic nitrogens is 3. The van der Waals surface area contributed by atoms with Crippen molar-refractivity contribution in [3.8, 4) is 11.5 Å². The fourth-order valence-electron chi connectivity index (χ4n) is 5.21. The summed E-state index contributed by atoms with van der Waals surface area (Å²) in [5.74, 6) is 1.11. The Morgan fingerprint density at radius 3 is 2.71 bits per heavy atom. The highest BCUT2D eigenvalue weighted by atomic mass is 16.7. The zero-order chi connectivity index (χ0) is 25.9. The van der Waals surface area contributed by atoms with Gasteiger partial charge in [-0.25, -0.2) is 4.68 Å². The van der Waals surface area contributed by atoms with E-state index in [1.165, 1.54) is 12.7 Å². The maximum atomic E-state index is 14.0. The van der Waals surface area contributed by atoms with Gasteiger partial charge in [0.05, 0.1) is 11.8 Å². The van der Waals surface area contributed by atoms with Gasteiger partial charge in [0.2, 0.25) is 12.7 Å². The van der Waals surface area contributed by atoms with Crippen molar-refractivity contribution in [1.82, 2.24) is 25.2 Å². The van der Waals surface area contributed by atoms with E-state index in [1.54, 1.807) is 21.7 Å². The third-order valence-corrected chi connectivity index (χ3v) is 7.14. The fraction of sp³-hybridized carbons (Fsp3) is 0.357. The van der Waals surface area contributed by atoms with Gasteiger partial charge in [-0.2, -0.15) is 0 Å². The first-order valence-electron chi connectivity index (χ1n) is 13.0. The number of rotatable bonds is 8. The van der Waals surface area contributed by atoms with Gasteiger partial charge in [0, 0.05) is 12.6 Å². The van der Waals surface area contributed by atoms with Crippen LogP contribution in [0.2, 0.25) is 0 Å². The van der Waals surface area contributed by atoms with Crippen molar-refractivity contribution >= 4 is 22.8 Å². The summed E-state index contributed by atoms with van der Waals surface area (Å²) in [4.78, 5) is 29.3. The Morgan fingerprint density at radius 2 is 1.87 bits per heavy atom. The molecule has 1 atom stereocenters. The molecule has 2 aliphatic rings. The van der Waals surface area contributed by atoms with Crippen molar-refractivity contribution in [2.75, 3.05) is 6.79 Å². The number of nitrogens with one attached hydrogen (secondary N) is 1. The van der Waals surface area contributed by atoms with Gasteiger partial charge in [0.1, 0.15) is 17.8 Å². The van der Waals surface area contributed by atoms with Crippen molar-refractivity contribution in [2.24, 2.45) is 0 Å². The van der Waals surface area contributed by atoms with Crippen LogP contribution in [0.1, 0.15) is 49.5 Å². The van der Waals surface area contributed by atoms with E-state index in [9.17, 15) is 9.59 Å². The number of fused-ring (bicyclic) bond motifs is 2. The monoisotopic (exact) mass is 515 g/mol. The lowest BCUT2D eigenvalue weighted by atomic mass is 9.95. The number of nitrogens with zero attached hydrogens (tertiary/aromatic N) is 4. The number of hydrogen-bond donors (Lipinski definition) is 1. The third kappa shape index (κ3) is 4.93. The Morgan fingerprint density at radius 1 is 1.03 bits per heavy atom. The molecular formula is C28H29N5O5. The second-order valence-corrected chi connectivity index (χ2v) is 9.71. The summed E-state index contributed by atoms with van der Waals surface area (Å²) >= 11 is 0. The minimum atomic E-state index is -0.959. The molecule has 0 radical (unpaired) electrons. The molecule has 1 saturated carbocycles. The zero-order valence-electron chi connectivity index (χ0n) is 20.9. The fourth-order valence-corrected chi connectivity index (χ4v) is 5.21. The van der Waals surface area contributed by atoms with Crippen molar-refractivity contribution in [2.45, 2.75) is 57.3 Å². The van der Waals surface area contributed by atoms with Gasteiger partial charge >= 0.3 is 0 Å². The van der Waals surface area contributed by atoms with Crippen LogP contribution in [0.15, 0.2) is 65.3 Å².